The molecular formula is C20H25N5O2S. The fourth-order valence-corrected chi connectivity index (χ4v) is 3.57. The van der Waals surface area contributed by atoms with Gasteiger partial charge in [0.1, 0.15) is 11.6 Å². The van der Waals surface area contributed by atoms with E-state index in [-0.39, 0.29) is 6.10 Å². The molecule has 1 aromatic carbocycles. The largest absolute Gasteiger partial charge is 0.439 e. The molecule has 2 aliphatic rings. The summed E-state index contributed by atoms with van der Waals surface area (Å²) in [6.45, 7) is 3.49. The fraction of sp³-hybridized carbons (Fsp3) is 0.450. The quantitative estimate of drug-likeness (QED) is 0.717. The highest BCUT2D eigenvalue weighted by Crippen LogP contribution is 2.26. The van der Waals surface area contributed by atoms with E-state index in [1.54, 1.807) is 0 Å². The van der Waals surface area contributed by atoms with Crippen LogP contribution in [0.5, 0.6) is 11.6 Å². The predicted octanol–water partition coefficient (Wildman–Crippen LogP) is 3.33. The Kier molecular flexibility index (Phi) is 6.18. The Morgan fingerprint density at radius 1 is 1.18 bits per heavy atom. The molecule has 3 heterocycles. The molecule has 1 aromatic heterocycles. The van der Waals surface area contributed by atoms with Crippen LogP contribution in [0.1, 0.15) is 25.7 Å². The summed E-state index contributed by atoms with van der Waals surface area (Å²) in [6.07, 6.45) is 4.72. The van der Waals surface area contributed by atoms with Gasteiger partial charge in [-0.1, -0.05) is 18.2 Å². The monoisotopic (exact) mass is 399 g/mol. The minimum Gasteiger partial charge on any atom is -0.439 e. The lowest BCUT2D eigenvalue weighted by atomic mass is 10.2. The second-order valence-electron chi connectivity index (χ2n) is 6.97. The lowest BCUT2D eigenvalue weighted by Crippen LogP contribution is -2.35. The maximum absolute atomic E-state index is 5.94. The zero-order valence-electron chi connectivity index (χ0n) is 15.8. The highest BCUT2D eigenvalue weighted by atomic mass is 32.1. The van der Waals surface area contributed by atoms with E-state index in [4.69, 9.17) is 21.7 Å². The molecule has 1 atom stereocenters. The van der Waals surface area contributed by atoms with Gasteiger partial charge in [0.2, 0.25) is 11.8 Å². The zero-order chi connectivity index (χ0) is 19.2. The number of aromatic nitrogens is 2. The van der Waals surface area contributed by atoms with Crippen molar-refractivity contribution in [3.05, 3.63) is 36.4 Å². The summed E-state index contributed by atoms with van der Waals surface area (Å²) < 4.78 is 11.6. The van der Waals surface area contributed by atoms with Gasteiger partial charge in [0, 0.05) is 32.3 Å². The third-order valence-corrected chi connectivity index (χ3v) is 5.07. The molecule has 2 aliphatic heterocycles. The van der Waals surface area contributed by atoms with Crippen LogP contribution in [0.15, 0.2) is 36.4 Å². The van der Waals surface area contributed by atoms with Crippen molar-refractivity contribution in [1.82, 2.24) is 15.3 Å². The van der Waals surface area contributed by atoms with Gasteiger partial charge in [-0.15, -0.1) is 0 Å². The maximum Gasteiger partial charge on any atom is 0.234 e. The van der Waals surface area contributed by atoms with Crippen molar-refractivity contribution in [2.24, 2.45) is 0 Å². The van der Waals surface area contributed by atoms with Crippen LogP contribution in [0.3, 0.4) is 0 Å². The Morgan fingerprint density at radius 3 is 2.75 bits per heavy atom. The van der Waals surface area contributed by atoms with E-state index in [9.17, 15) is 0 Å². The van der Waals surface area contributed by atoms with Crippen LogP contribution in [0, 0.1) is 0 Å². The number of anilines is 2. The topological polar surface area (TPSA) is 71.5 Å². The third-order valence-electron chi connectivity index (χ3n) is 4.82. The summed E-state index contributed by atoms with van der Waals surface area (Å²) in [6, 6.07) is 11.5. The van der Waals surface area contributed by atoms with Crippen molar-refractivity contribution >= 4 is 29.1 Å². The van der Waals surface area contributed by atoms with Crippen LogP contribution in [-0.2, 0) is 4.74 Å². The average molecular weight is 400 g/mol. The molecule has 148 valence electrons. The second-order valence-corrected chi connectivity index (χ2v) is 7.38. The molecule has 2 fully saturated rings. The fourth-order valence-electron chi connectivity index (χ4n) is 3.40. The number of ether oxygens (including phenoxy) is 2. The van der Waals surface area contributed by atoms with Crippen LogP contribution in [0.4, 0.5) is 11.8 Å². The van der Waals surface area contributed by atoms with E-state index in [0.717, 1.165) is 44.1 Å². The number of benzene rings is 1. The molecular weight excluding hydrogens is 374 g/mol. The van der Waals surface area contributed by atoms with E-state index in [1.807, 2.05) is 36.4 Å². The zero-order valence-corrected chi connectivity index (χ0v) is 16.6. The van der Waals surface area contributed by atoms with E-state index >= 15 is 0 Å². The molecule has 4 rings (SSSR count). The summed E-state index contributed by atoms with van der Waals surface area (Å²) >= 11 is 5.41. The Morgan fingerprint density at radius 2 is 2.00 bits per heavy atom. The molecule has 1 unspecified atom stereocenters. The van der Waals surface area contributed by atoms with Crippen molar-refractivity contribution in [3.63, 3.8) is 0 Å². The Bertz CT molecular complexity index is 792. The van der Waals surface area contributed by atoms with E-state index < -0.39 is 0 Å². The Labute approximate surface area is 170 Å². The lowest BCUT2D eigenvalue weighted by Gasteiger charge is -2.19. The first-order chi connectivity index (χ1) is 13.8. The highest BCUT2D eigenvalue weighted by Gasteiger charge is 2.18. The molecule has 0 radical (unpaired) electrons. The SMILES string of the molecule is S=C(NCC1CCCO1)Nc1nc(Oc2ccccc2)cc(N2CCCC2)n1. The van der Waals surface area contributed by atoms with Crippen molar-refractivity contribution in [2.45, 2.75) is 31.8 Å². The third kappa shape index (κ3) is 5.08. The van der Waals surface area contributed by atoms with Crippen LogP contribution in [0.2, 0.25) is 0 Å². The van der Waals surface area contributed by atoms with Gasteiger partial charge in [-0.3, -0.25) is 0 Å². The number of hydrogen-bond donors (Lipinski definition) is 2. The Balaban J connectivity index is 1.47. The van der Waals surface area contributed by atoms with Crippen molar-refractivity contribution in [3.8, 4) is 11.6 Å². The van der Waals surface area contributed by atoms with Gasteiger partial charge in [0.05, 0.1) is 6.10 Å². The van der Waals surface area contributed by atoms with Crippen molar-refractivity contribution < 1.29 is 9.47 Å². The predicted molar refractivity (Wildman–Crippen MR) is 113 cm³/mol. The molecule has 8 heteroatoms. The smallest absolute Gasteiger partial charge is 0.234 e. The first-order valence-electron chi connectivity index (χ1n) is 9.80. The summed E-state index contributed by atoms with van der Waals surface area (Å²) in [5, 5.41) is 6.77. The highest BCUT2D eigenvalue weighted by molar-refractivity contribution is 7.80. The van der Waals surface area contributed by atoms with Gasteiger partial charge in [-0.25, -0.2) is 0 Å². The Hall–Kier alpha value is -2.45. The molecule has 0 saturated carbocycles. The molecule has 0 aliphatic carbocycles. The number of nitrogens with one attached hydrogen (secondary N) is 2. The molecule has 2 N–H and O–H groups in total. The number of nitrogens with zero attached hydrogens (tertiary/aromatic N) is 3. The minimum atomic E-state index is 0.216. The number of thiocarbonyl (C=S) groups is 1. The van der Waals surface area contributed by atoms with Crippen LogP contribution in [-0.4, -0.2) is 47.4 Å². The molecule has 7 nitrogen and oxygen atoms in total. The first kappa shape index (κ1) is 18.9. The lowest BCUT2D eigenvalue weighted by molar-refractivity contribution is 0.114. The van der Waals surface area contributed by atoms with Gasteiger partial charge in [0.25, 0.3) is 0 Å². The molecule has 0 bridgehead atoms. The number of rotatable bonds is 6. The number of para-hydroxylation sites is 1. The molecule has 2 saturated heterocycles. The average Bonchev–Trinajstić information content (AvgIpc) is 3.41. The van der Waals surface area contributed by atoms with E-state index in [1.165, 1.54) is 12.8 Å². The van der Waals surface area contributed by atoms with Gasteiger partial charge in [-0.2, -0.15) is 9.97 Å². The number of hydrogen-bond acceptors (Lipinski definition) is 6. The van der Waals surface area contributed by atoms with Gasteiger partial charge in [-0.05, 0) is 50.0 Å². The van der Waals surface area contributed by atoms with Gasteiger partial charge < -0.3 is 25.0 Å². The molecule has 28 heavy (non-hydrogen) atoms. The van der Waals surface area contributed by atoms with Crippen molar-refractivity contribution in [2.75, 3.05) is 36.5 Å². The summed E-state index contributed by atoms with van der Waals surface area (Å²) in [7, 11) is 0. The van der Waals surface area contributed by atoms with Gasteiger partial charge >= 0.3 is 0 Å². The van der Waals surface area contributed by atoms with E-state index in [0.29, 0.717) is 23.5 Å². The van der Waals surface area contributed by atoms with E-state index in [2.05, 4.69) is 25.5 Å². The molecule has 0 spiro atoms. The second kappa shape index (κ2) is 9.16. The standard InChI is InChI=1S/C20H25N5O2S/c28-20(21-14-16-9-6-12-26-16)24-19-22-17(25-10-4-5-11-25)13-18(23-19)27-15-7-2-1-3-8-15/h1-3,7-8,13,16H,4-6,9-12,14H2,(H2,21,22,23,24,28). The summed E-state index contributed by atoms with van der Waals surface area (Å²) in [4.78, 5) is 11.4. The normalized spacial score (nSPS) is 18.9. The maximum atomic E-state index is 5.94. The summed E-state index contributed by atoms with van der Waals surface area (Å²) in [5.74, 6) is 2.51. The minimum absolute atomic E-state index is 0.216. The first-order valence-corrected chi connectivity index (χ1v) is 10.2. The molecule has 0 amide bonds. The van der Waals surface area contributed by atoms with Crippen LogP contribution in [0.25, 0.3) is 0 Å². The van der Waals surface area contributed by atoms with Crippen LogP contribution < -0.4 is 20.3 Å². The van der Waals surface area contributed by atoms with Crippen LogP contribution >= 0.6 is 12.2 Å². The van der Waals surface area contributed by atoms with Crippen molar-refractivity contribution in [1.29, 1.82) is 0 Å². The molecule has 2 aromatic rings. The van der Waals surface area contributed by atoms with Gasteiger partial charge in [0.15, 0.2) is 5.11 Å². The summed E-state index contributed by atoms with van der Waals surface area (Å²) in [5.41, 5.74) is 0.